The molecule has 3 N–H and O–H groups in total. The Morgan fingerprint density at radius 1 is 0.968 bits per heavy atom. The maximum absolute atomic E-state index is 11.2. The van der Waals surface area contributed by atoms with Crippen LogP contribution in [-0.2, 0) is 10.0 Å². The fraction of sp³-hybridized carbons (Fsp3) is 0.0800. The summed E-state index contributed by atoms with van der Waals surface area (Å²) in [6, 6.07) is 24.4. The highest BCUT2D eigenvalue weighted by atomic mass is 32.2. The summed E-state index contributed by atoms with van der Waals surface area (Å²) in [5.74, 6) is 0. The SMILES string of the molecule is CCC(=C(c1ccc(C=CS(N)(=O)=O)cc1)c1ccc2[nH]ncc2c1)c1ccccc1. The Balaban J connectivity index is 1.88. The van der Waals surface area contributed by atoms with Crippen LogP contribution in [0.3, 0.4) is 0 Å². The summed E-state index contributed by atoms with van der Waals surface area (Å²) in [6.45, 7) is 2.15. The standard InChI is InChI=1S/C25H23N3O2S/c1-2-23(19-6-4-3-5-7-19)25(21-12-13-24-22(16-21)17-27-28-24)20-10-8-18(9-11-20)14-15-31(26,29)30/h3-17H,2H2,1H3,(H,27,28)(H2,26,29,30). The van der Waals surface area contributed by atoms with Gasteiger partial charge in [0.25, 0.3) is 0 Å². The normalized spacial score (nSPS) is 13.0. The summed E-state index contributed by atoms with van der Waals surface area (Å²) in [5.41, 5.74) is 7.45. The van der Waals surface area contributed by atoms with Gasteiger partial charge in [-0.2, -0.15) is 5.10 Å². The van der Waals surface area contributed by atoms with Crippen molar-refractivity contribution in [1.29, 1.82) is 0 Å². The number of nitrogens with one attached hydrogen (secondary N) is 1. The summed E-state index contributed by atoms with van der Waals surface area (Å²) < 4.78 is 22.4. The fourth-order valence-corrected chi connectivity index (χ4v) is 4.06. The van der Waals surface area contributed by atoms with Crippen molar-refractivity contribution in [2.24, 2.45) is 5.14 Å². The maximum Gasteiger partial charge on any atom is 0.231 e. The number of sulfonamides is 1. The highest BCUT2D eigenvalue weighted by Crippen LogP contribution is 2.35. The number of aromatic amines is 1. The Labute approximate surface area is 182 Å². The molecule has 0 atom stereocenters. The molecule has 31 heavy (non-hydrogen) atoms. The van der Waals surface area contributed by atoms with Crippen LogP contribution in [0.25, 0.3) is 28.1 Å². The number of H-pyrrole nitrogens is 1. The van der Waals surface area contributed by atoms with Crippen molar-refractivity contribution in [3.63, 3.8) is 0 Å². The molecule has 6 heteroatoms. The summed E-state index contributed by atoms with van der Waals surface area (Å²) in [5, 5.41) is 14.3. The molecule has 0 saturated heterocycles. The number of aromatic nitrogens is 2. The monoisotopic (exact) mass is 429 g/mol. The van der Waals surface area contributed by atoms with E-state index in [1.165, 1.54) is 17.2 Å². The lowest BCUT2D eigenvalue weighted by atomic mass is 9.87. The number of nitrogens with zero attached hydrogens (tertiary/aromatic N) is 1. The highest BCUT2D eigenvalue weighted by molar-refractivity contribution is 7.92. The molecule has 0 aliphatic carbocycles. The molecule has 0 fully saturated rings. The molecule has 3 aromatic carbocycles. The van der Waals surface area contributed by atoms with Gasteiger partial charge in [0.15, 0.2) is 0 Å². The predicted octanol–water partition coefficient (Wildman–Crippen LogP) is 5.19. The van der Waals surface area contributed by atoms with Gasteiger partial charge in [-0.3, -0.25) is 5.10 Å². The Bertz CT molecular complexity index is 1370. The average molecular weight is 430 g/mol. The summed E-state index contributed by atoms with van der Waals surface area (Å²) in [7, 11) is -3.66. The molecule has 0 saturated carbocycles. The van der Waals surface area contributed by atoms with Crippen molar-refractivity contribution < 1.29 is 8.42 Å². The molecule has 0 radical (unpaired) electrons. The van der Waals surface area contributed by atoms with E-state index in [4.69, 9.17) is 5.14 Å². The number of hydrogen-bond acceptors (Lipinski definition) is 3. The van der Waals surface area contributed by atoms with E-state index >= 15 is 0 Å². The number of allylic oxidation sites excluding steroid dienone is 1. The Morgan fingerprint density at radius 2 is 1.68 bits per heavy atom. The van der Waals surface area contributed by atoms with Crippen LogP contribution in [0.5, 0.6) is 0 Å². The zero-order chi connectivity index (χ0) is 21.8. The van der Waals surface area contributed by atoms with E-state index in [1.807, 2.05) is 54.7 Å². The molecule has 0 unspecified atom stereocenters. The second-order valence-electron chi connectivity index (χ2n) is 7.26. The smallest absolute Gasteiger partial charge is 0.231 e. The van der Waals surface area contributed by atoms with Crippen LogP contribution >= 0.6 is 0 Å². The highest BCUT2D eigenvalue weighted by Gasteiger charge is 2.14. The average Bonchev–Trinajstić information content (AvgIpc) is 3.24. The van der Waals surface area contributed by atoms with Gasteiger partial charge in [-0.25, -0.2) is 13.6 Å². The third-order valence-corrected chi connectivity index (χ3v) is 5.67. The van der Waals surface area contributed by atoms with Crippen LogP contribution in [0.15, 0.2) is 84.4 Å². The van der Waals surface area contributed by atoms with Crippen LogP contribution in [0.1, 0.15) is 35.6 Å². The Hall–Kier alpha value is -3.48. The second kappa shape index (κ2) is 8.71. The zero-order valence-corrected chi connectivity index (χ0v) is 17.9. The number of nitrogens with two attached hydrogens (primary N) is 1. The molecule has 156 valence electrons. The third-order valence-electron chi connectivity index (χ3n) is 5.16. The van der Waals surface area contributed by atoms with Gasteiger partial charge in [-0.1, -0.05) is 67.6 Å². The first-order valence-electron chi connectivity index (χ1n) is 9.98. The zero-order valence-electron chi connectivity index (χ0n) is 17.1. The van der Waals surface area contributed by atoms with Crippen LogP contribution in [0.4, 0.5) is 0 Å². The van der Waals surface area contributed by atoms with Gasteiger partial charge >= 0.3 is 0 Å². The van der Waals surface area contributed by atoms with Crippen molar-refractivity contribution in [2.45, 2.75) is 13.3 Å². The first kappa shape index (κ1) is 20.8. The number of hydrogen-bond donors (Lipinski definition) is 2. The van der Waals surface area contributed by atoms with Crippen molar-refractivity contribution in [3.05, 3.63) is 107 Å². The van der Waals surface area contributed by atoms with Gasteiger partial charge in [0.1, 0.15) is 0 Å². The topological polar surface area (TPSA) is 88.8 Å². The molecule has 0 aliphatic rings. The molecule has 0 amide bonds. The van der Waals surface area contributed by atoms with Crippen molar-refractivity contribution in [1.82, 2.24) is 10.2 Å². The Morgan fingerprint density at radius 3 is 2.35 bits per heavy atom. The largest absolute Gasteiger partial charge is 0.278 e. The lowest BCUT2D eigenvalue weighted by Gasteiger charge is -2.16. The van der Waals surface area contributed by atoms with Crippen LogP contribution in [0, 0.1) is 0 Å². The van der Waals surface area contributed by atoms with Gasteiger partial charge in [0.05, 0.1) is 11.7 Å². The van der Waals surface area contributed by atoms with E-state index in [9.17, 15) is 8.42 Å². The van der Waals surface area contributed by atoms with E-state index in [0.29, 0.717) is 0 Å². The molecule has 4 rings (SSSR count). The molecule has 0 spiro atoms. The van der Waals surface area contributed by atoms with Crippen LogP contribution in [-0.4, -0.2) is 18.6 Å². The van der Waals surface area contributed by atoms with Gasteiger partial charge in [0.2, 0.25) is 10.0 Å². The lowest BCUT2D eigenvalue weighted by molar-refractivity contribution is 0.606. The molecule has 4 aromatic rings. The molecular weight excluding hydrogens is 406 g/mol. The summed E-state index contributed by atoms with van der Waals surface area (Å²) in [6.07, 6.45) is 4.18. The van der Waals surface area contributed by atoms with Crippen LogP contribution in [0.2, 0.25) is 0 Å². The maximum atomic E-state index is 11.2. The fourth-order valence-electron chi connectivity index (χ4n) is 3.71. The van der Waals surface area contributed by atoms with Crippen molar-refractivity contribution in [3.8, 4) is 0 Å². The molecule has 1 aromatic heterocycles. The first-order valence-corrected chi connectivity index (χ1v) is 11.6. The first-order chi connectivity index (χ1) is 14.9. The summed E-state index contributed by atoms with van der Waals surface area (Å²) >= 11 is 0. The molecule has 0 bridgehead atoms. The van der Waals surface area contributed by atoms with Gasteiger partial charge in [-0.05, 0) is 58.0 Å². The summed E-state index contributed by atoms with van der Waals surface area (Å²) in [4.78, 5) is 0. The van der Waals surface area contributed by atoms with E-state index in [-0.39, 0.29) is 0 Å². The molecule has 0 aliphatic heterocycles. The second-order valence-corrected chi connectivity index (χ2v) is 8.71. The van der Waals surface area contributed by atoms with Crippen LogP contribution < -0.4 is 5.14 Å². The number of primary sulfonamides is 1. The van der Waals surface area contributed by atoms with E-state index in [1.54, 1.807) is 0 Å². The number of fused-ring (bicyclic) bond motifs is 1. The van der Waals surface area contributed by atoms with Crippen molar-refractivity contribution >= 4 is 38.1 Å². The van der Waals surface area contributed by atoms with E-state index < -0.39 is 10.0 Å². The van der Waals surface area contributed by atoms with Gasteiger partial charge in [-0.15, -0.1) is 0 Å². The minimum absolute atomic E-state index is 0.764. The number of benzene rings is 3. The van der Waals surface area contributed by atoms with Gasteiger partial charge < -0.3 is 0 Å². The Kier molecular flexibility index (Phi) is 5.84. The molecule has 5 nitrogen and oxygen atoms in total. The van der Waals surface area contributed by atoms with Gasteiger partial charge in [0, 0.05) is 10.8 Å². The number of rotatable bonds is 6. The lowest BCUT2D eigenvalue weighted by Crippen LogP contribution is -2.06. The molecular formula is C25H23N3O2S. The third kappa shape index (κ3) is 4.82. The van der Waals surface area contributed by atoms with E-state index in [0.717, 1.165) is 45.0 Å². The predicted molar refractivity (Wildman–Crippen MR) is 127 cm³/mol. The molecule has 1 heterocycles. The minimum atomic E-state index is -3.66. The minimum Gasteiger partial charge on any atom is -0.278 e. The van der Waals surface area contributed by atoms with Crippen molar-refractivity contribution in [2.75, 3.05) is 0 Å². The van der Waals surface area contributed by atoms with E-state index in [2.05, 4.69) is 41.4 Å². The quantitative estimate of drug-likeness (QED) is 0.413.